The lowest BCUT2D eigenvalue weighted by Gasteiger charge is -2.05. The Labute approximate surface area is 174 Å². The van der Waals surface area contributed by atoms with Crippen molar-refractivity contribution in [1.29, 1.82) is 0 Å². The Bertz CT molecular complexity index is 1120. The van der Waals surface area contributed by atoms with Crippen LogP contribution in [0.25, 0.3) is 11.3 Å². The highest BCUT2D eigenvalue weighted by Crippen LogP contribution is 2.31. The number of nitrogens with zero attached hydrogens (tertiary/aromatic N) is 1. The van der Waals surface area contributed by atoms with Gasteiger partial charge in [-0.1, -0.05) is 13.0 Å². The summed E-state index contributed by atoms with van der Waals surface area (Å²) in [6, 6.07) is 13.7. The van der Waals surface area contributed by atoms with Gasteiger partial charge in [-0.15, -0.1) is 11.3 Å². The molecule has 0 fully saturated rings. The molecule has 0 atom stereocenters. The van der Waals surface area contributed by atoms with Gasteiger partial charge in [0.15, 0.2) is 15.0 Å². The van der Waals surface area contributed by atoms with E-state index in [1.54, 1.807) is 19.1 Å². The smallest absolute Gasteiger partial charge is 0.257 e. The van der Waals surface area contributed by atoms with E-state index in [1.807, 2.05) is 38.1 Å². The van der Waals surface area contributed by atoms with E-state index in [9.17, 15) is 13.2 Å². The average molecular weight is 431 g/mol. The molecule has 1 N–H and O–H groups in total. The number of sulfone groups is 1. The molecule has 29 heavy (non-hydrogen) atoms. The van der Waals surface area contributed by atoms with Gasteiger partial charge in [-0.3, -0.25) is 10.1 Å². The third kappa shape index (κ3) is 4.83. The lowest BCUT2D eigenvalue weighted by molar-refractivity contribution is 0.102. The molecule has 152 valence electrons. The molecule has 8 heteroatoms. The van der Waals surface area contributed by atoms with Crippen molar-refractivity contribution in [3.8, 4) is 17.0 Å². The van der Waals surface area contributed by atoms with E-state index in [4.69, 9.17) is 4.74 Å². The highest BCUT2D eigenvalue weighted by Gasteiger charge is 2.16. The van der Waals surface area contributed by atoms with Crippen LogP contribution in [0.2, 0.25) is 0 Å². The first-order chi connectivity index (χ1) is 13.8. The lowest BCUT2D eigenvalue weighted by Crippen LogP contribution is -2.13. The van der Waals surface area contributed by atoms with E-state index in [0.29, 0.717) is 11.7 Å². The Kier molecular flexibility index (Phi) is 6.34. The van der Waals surface area contributed by atoms with E-state index < -0.39 is 15.7 Å². The number of ether oxygens (including phenoxy) is 1. The Morgan fingerprint density at radius 1 is 1.14 bits per heavy atom. The van der Waals surface area contributed by atoms with Crippen molar-refractivity contribution in [1.82, 2.24) is 4.98 Å². The molecule has 3 rings (SSSR count). The van der Waals surface area contributed by atoms with Crippen molar-refractivity contribution in [3.05, 3.63) is 59.0 Å². The van der Waals surface area contributed by atoms with Crippen LogP contribution in [0.3, 0.4) is 0 Å². The number of carbonyl (C=O) groups excluding carboxylic acids is 1. The molecule has 1 aromatic heterocycles. The van der Waals surface area contributed by atoms with Crippen LogP contribution >= 0.6 is 11.3 Å². The minimum atomic E-state index is -3.38. The number of hydrogen-bond donors (Lipinski definition) is 1. The minimum absolute atomic E-state index is 0.0187. The summed E-state index contributed by atoms with van der Waals surface area (Å²) in [6.07, 6.45) is 0. The van der Waals surface area contributed by atoms with Crippen LogP contribution in [-0.2, 0) is 9.84 Å². The molecule has 1 amide bonds. The fourth-order valence-corrected chi connectivity index (χ4v) is 4.52. The number of thiazole rings is 1. The first-order valence-electron chi connectivity index (χ1n) is 9.19. The molecule has 0 aliphatic rings. The summed E-state index contributed by atoms with van der Waals surface area (Å²) in [4.78, 5) is 18.2. The van der Waals surface area contributed by atoms with Crippen LogP contribution in [0.4, 0.5) is 5.13 Å². The number of amides is 1. The molecule has 0 saturated carbocycles. The number of nitrogens with one attached hydrogen (secondary N) is 1. The lowest BCUT2D eigenvalue weighted by atomic mass is 10.1. The molecule has 6 nitrogen and oxygen atoms in total. The molecule has 0 spiro atoms. The van der Waals surface area contributed by atoms with E-state index >= 15 is 0 Å². The van der Waals surface area contributed by atoms with Gasteiger partial charge in [-0.05, 0) is 56.3 Å². The van der Waals surface area contributed by atoms with Crippen LogP contribution in [-0.4, -0.2) is 31.7 Å². The van der Waals surface area contributed by atoms with Crippen molar-refractivity contribution < 1.29 is 17.9 Å². The summed E-state index contributed by atoms with van der Waals surface area (Å²) in [6.45, 7) is 6.04. The molecule has 0 bridgehead atoms. The molecular formula is C21H22N2O4S2. The summed E-state index contributed by atoms with van der Waals surface area (Å²) in [5, 5.41) is 3.22. The van der Waals surface area contributed by atoms with Crippen molar-refractivity contribution >= 4 is 32.2 Å². The second-order valence-corrected chi connectivity index (χ2v) is 9.75. The number of carbonyl (C=O) groups is 1. The van der Waals surface area contributed by atoms with Gasteiger partial charge in [0.05, 0.1) is 22.9 Å². The summed E-state index contributed by atoms with van der Waals surface area (Å²) in [5.74, 6) is 0.375. The molecule has 0 saturated heterocycles. The van der Waals surface area contributed by atoms with E-state index in [1.165, 1.54) is 23.5 Å². The number of aryl methyl sites for hydroxylation is 1. The molecule has 0 aliphatic heterocycles. The predicted molar refractivity (Wildman–Crippen MR) is 116 cm³/mol. The molecule has 0 aliphatic carbocycles. The van der Waals surface area contributed by atoms with Crippen molar-refractivity contribution in [2.24, 2.45) is 0 Å². The van der Waals surface area contributed by atoms with Crippen molar-refractivity contribution in [2.75, 3.05) is 17.7 Å². The first kappa shape index (κ1) is 21.0. The van der Waals surface area contributed by atoms with Gasteiger partial charge in [0, 0.05) is 16.0 Å². The highest BCUT2D eigenvalue weighted by atomic mass is 32.2. The fourth-order valence-electron chi connectivity index (χ4n) is 2.76. The van der Waals surface area contributed by atoms with Crippen LogP contribution in [0, 0.1) is 6.92 Å². The van der Waals surface area contributed by atoms with Crippen LogP contribution in [0.5, 0.6) is 5.75 Å². The standard InChI is InChI=1S/C21H22N2O4S2/c1-4-27-17-11-9-15(10-12-17)19-14(3)28-21(22-19)23-20(24)16-7-6-8-18(13-16)29(25,26)5-2/h6-13H,4-5H2,1-3H3,(H,22,23,24). The maximum Gasteiger partial charge on any atom is 0.257 e. The normalized spacial score (nSPS) is 11.3. The third-order valence-electron chi connectivity index (χ3n) is 4.29. The molecular weight excluding hydrogens is 408 g/mol. The SMILES string of the molecule is CCOc1ccc(-c2nc(NC(=O)c3cccc(S(=O)(=O)CC)c3)sc2C)cc1. The Morgan fingerprint density at radius 3 is 2.52 bits per heavy atom. The molecule has 3 aromatic rings. The van der Waals surface area contributed by atoms with Crippen LogP contribution < -0.4 is 10.1 Å². The van der Waals surface area contributed by atoms with E-state index in [0.717, 1.165) is 21.9 Å². The zero-order valence-electron chi connectivity index (χ0n) is 16.4. The maximum atomic E-state index is 12.6. The van der Waals surface area contributed by atoms with Crippen LogP contribution in [0.15, 0.2) is 53.4 Å². The summed E-state index contributed by atoms with van der Waals surface area (Å²) in [7, 11) is -3.38. The number of hydrogen-bond acceptors (Lipinski definition) is 6. The number of aromatic nitrogens is 1. The summed E-state index contributed by atoms with van der Waals surface area (Å²) < 4.78 is 29.6. The van der Waals surface area contributed by atoms with Gasteiger partial charge in [0.1, 0.15) is 5.75 Å². The zero-order chi connectivity index (χ0) is 21.0. The monoisotopic (exact) mass is 430 g/mol. The van der Waals surface area contributed by atoms with Gasteiger partial charge in [0.2, 0.25) is 0 Å². The topological polar surface area (TPSA) is 85.4 Å². The van der Waals surface area contributed by atoms with E-state index in [-0.39, 0.29) is 16.2 Å². The summed E-state index contributed by atoms with van der Waals surface area (Å²) in [5.41, 5.74) is 1.99. The minimum Gasteiger partial charge on any atom is -0.494 e. The van der Waals surface area contributed by atoms with Gasteiger partial charge in [0.25, 0.3) is 5.91 Å². The van der Waals surface area contributed by atoms with Gasteiger partial charge in [-0.25, -0.2) is 13.4 Å². The number of anilines is 1. The van der Waals surface area contributed by atoms with Crippen molar-refractivity contribution in [2.45, 2.75) is 25.7 Å². The third-order valence-corrected chi connectivity index (χ3v) is 6.91. The molecule has 2 aromatic carbocycles. The van der Waals surface area contributed by atoms with Crippen molar-refractivity contribution in [3.63, 3.8) is 0 Å². The highest BCUT2D eigenvalue weighted by molar-refractivity contribution is 7.91. The maximum absolute atomic E-state index is 12.6. The number of rotatable bonds is 7. The summed E-state index contributed by atoms with van der Waals surface area (Å²) >= 11 is 1.37. The quantitative estimate of drug-likeness (QED) is 0.594. The first-order valence-corrected chi connectivity index (χ1v) is 11.7. The van der Waals surface area contributed by atoms with Gasteiger partial charge in [-0.2, -0.15) is 0 Å². The Balaban J connectivity index is 1.80. The average Bonchev–Trinajstić information content (AvgIpc) is 3.09. The number of benzene rings is 2. The Hall–Kier alpha value is -2.71. The van der Waals surface area contributed by atoms with Gasteiger partial charge < -0.3 is 4.74 Å². The second kappa shape index (κ2) is 8.75. The van der Waals surface area contributed by atoms with E-state index in [2.05, 4.69) is 10.3 Å². The van der Waals surface area contributed by atoms with Crippen LogP contribution in [0.1, 0.15) is 29.1 Å². The van der Waals surface area contributed by atoms with Gasteiger partial charge >= 0.3 is 0 Å². The molecule has 0 unspecified atom stereocenters. The fraction of sp³-hybridized carbons (Fsp3) is 0.238. The largest absolute Gasteiger partial charge is 0.494 e. The molecule has 1 heterocycles. The predicted octanol–water partition coefficient (Wildman–Crippen LogP) is 4.56. The zero-order valence-corrected chi connectivity index (χ0v) is 18.1. The Morgan fingerprint density at radius 2 is 1.86 bits per heavy atom. The molecule has 0 radical (unpaired) electrons. The second-order valence-electron chi connectivity index (χ2n) is 6.27.